The van der Waals surface area contributed by atoms with Crippen LogP contribution in [0.4, 0.5) is 0 Å². The fourth-order valence-corrected chi connectivity index (χ4v) is 18.6. The van der Waals surface area contributed by atoms with Gasteiger partial charge in [0.2, 0.25) is 0 Å². The summed E-state index contributed by atoms with van der Waals surface area (Å²) in [5.74, 6) is 1.91. The first-order valence-corrected chi connectivity index (χ1v) is 45.3. The van der Waals surface area contributed by atoms with E-state index in [0.29, 0.717) is 17.5 Å². The highest BCUT2D eigenvalue weighted by atomic mass is 15.0. The van der Waals surface area contributed by atoms with E-state index in [1.165, 1.54) is 104 Å². The number of nitrogens with zero attached hydrogens (tertiary/aromatic N) is 7. The number of aryl methyl sites for hydroxylation is 5. The van der Waals surface area contributed by atoms with Gasteiger partial charge in [0.15, 0.2) is 17.5 Å². The van der Waals surface area contributed by atoms with E-state index in [-0.39, 0.29) is 0 Å². The number of pyridine rings is 4. The Kier molecular flexibility index (Phi) is 23.0. The molecule has 0 aliphatic heterocycles. The minimum atomic E-state index is 0.628. The molecule has 630 valence electrons. The van der Waals surface area contributed by atoms with Crippen molar-refractivity contribution in [1.82, 2.24) is 34.9 Å². The Morgan fingerprint density at radius 1 is 0.135 bits per heavy atom. The molecule has 7 heteroatoms. The van der Waals surface area contributed by atoms with Crippen molar-refractivity contribution in [3.05, 3.63) is 489 Å². The number of fused-ring (bicyclic) bond motifs is 6. The second-order valence-electron chi connectivity index (χ2n) is 34.2. The summed E-state index contributed by atoms with van der Waals surface area (Å²) in [6, 6.07) is 163. The van der Waals surface area contributed by atoms with Crippen molar-refractivity contribution in [3.8, 4) is 168 Å². The molecule has 23 rings (SSSR count). The lowest BCUT2D eigenvalue weighted by molar-refractivity contribution is 1.07. The summed E-state index contributed by atoms with van der Waals surface area (Å²) in [4.78, 5) is 35.0. The molecule has 7 nitrogen and oxygen atoms in total. The number of hydrogen-bond donors (Lipinski definition) is 0. The summed E-state index contributed by atoms with van der Waals surface area (Å²) in [7, 11) is 0. The monoisotopic (exact) mass is 1700 g/mol. The van der Waals surface area contributed by atoms with Gasteiger partial charge in [-0.2, -0.15) is 0 Å². The lowest BCUT2D eigenvalue weighted by Crippen LogP contribution is -2.00. The fourth-order valence-electron chi connectivity index (χ4n) is 18.6. The first-order chi connectivity index (χ1) is 65.4. The molecule has 5 aromatic heterocycles. The van der Waals surface area contributed by atoms with E-state index < -0.39 is 0 Å². The van der Waals surface area contributed by atoms with Gasteiger partial charge in [0.05, 0.1) is 28.5 Å². The molecule has 0 radical (unpaired) electrons. The second-order valence-corrected chi connectivity index (χ2v) is 34.2. The molecule has 0 saturated carbocycles. The summed E-state index contributed by atoms with van der Waals surface area (Å²) < 4.78 is 0. The molecule has 0 amide bonds. The van der Waals surface area contributed by atoms with Crippen LogP contribution in [-0.4, -0.2) is 34.9 Å². The minimum absolute atomic E-state index is 0.628. The summed E-state index contributed by atoms with van der Waals surface area (Å²) >= 11 is 0. The van der Waals surface area contributed by atoms with Crippen LogP contribution in [0.1, 0.15) is 28.2 Å². The first kappa shape index (κ1) is 82.8. The molecule has 5 heterocycles. The molecule has 0 aliphatic rings. The third-order valence-corrected chi connectivity index (χ3v) is 24.7. The SMILES string of the molecule is Cc1cc(-c2cc(-c3nc(-c4ccccc4)nc(-c4ccccc4)n3)cc(-c3cc4ccccc4c4ccccc34)c2)cc(C)n1.Cc1cc(C)cc(-c2cc(-c3cc(-c4ccccc4)nc(-c4ccccc4)c3)cc(-c3cccc4ccccc34)c2)c1.Cc1cccc(-c2cc(-c3cc(-c4ccccc4)nc(-c4ccccc4)c3)cc(-c3c4ccccc4cc4ccccc34)c2)n1. The maximum atomic E-state index is 5.14. The van der Waals surface area contributed by atoms with E-state index in [2.05, 4.69) is 401 Å². The predicted molar refractivity (Wildman–Crippen MR) is 557 cm³/mol. The van der Waals surface area contributed by atoms with Crippen LogP contribution in [0.3, 0.4) is 0 Å². The van der Waals surface area contributed by atoms with Crippen LogP contribution < -0.4 is 0 Å². The lowest BCUT2D eigenvalue weighted by atomic mass is 9.88. The molecule has 0 saturated heterocycles. The molecule has 0 unspecified atom stereocenters. The van der Waals surface area contributed by atoms with E-state index >= 15 is 0 Å². The molecule has 0 fully saturated rings. The van der Waals surface area contributed by atoms with Crippen LogP contribution in [0, 0.1) is 34.6 Å². The molecule has 0 spiro atoms. The average molecular weight is 1700 g/mol. The van der Waals surface area contributed by atoms with Crippen LogP contribution in [0.25, 0.3) is 222 Å². The van der Waals surface area contributed by atoms with Gasteiger partial charge in [-0.05, 0) is 282 Å². The van der Waals surface area contributed by atoms with Crippen LogP contribution in [0.15, 0.2) is 461 Å². The number of hydrogen-bond acceptors (Lipinski definition) is 7. The van der Waals surface area contributed by atoms with Crippen LogP contribution in [-0.2, 0) is 0 Å². The van der Waals surface area contributed by atoms with Crippen LogP contribution in [0.2, 0.25) is 0 Å². The van der Waals surface area contributed by atoms with Gasteiger partial charge in [0.1, 0.15) is 0 Å². The third-order valence-electron chi connectivity index (χ3n) is 24.7. The predicted octanol–water partition coefficient (Wildman–Crippen LogP) is 33.1. The standard InChI is InChI=1S/C43H30N2.C42H30N4.C41H31N/c1-29-13-12-22-40(44-29)36-24-34(25-37(26-36)43-38-20-10-8-18-32(38)23-33-19-9-11-21-39(33)43)35-27-41(30-14-4-2-5-15-30)45-42(28-35)31-16-6-3-7-17-31;1-27-21-32(22-28(2)43-27)33-23-34(39-26-31-17-9-10-18-36(31)37-19-11-12-20-38(37)39)25-35(24-33)42-45-40(29-13-5-3-6-14-29)44-41(46-42)30-15-7-4-8-16-30;1-28-20-29(2)22-33(21-28)34-23-35(25-37(24-34)39-19-11-17-30-12-9-10-18-38(30)39)36-26-40(31-13-5-3-6-14-31)42-41(27-36)32-15-7-4-8-16-32/h2-28H,1H3;3-26H,1-2H3;3-27H,1-2H3. The highest BCUT2D eigenvalue weighted by Crippen LogP contribution is 2.46. The second kappa shape index (κ2) is 36.9. The Labute approximate surface area is 775 Å². The van der Waals surface area contributed by atoms with Crippen molar-refractivity contribution >= 4 is 53.9 Å². The normalized spacial score (nSPS) is 11.2. The van der Waals surface area contributed by atoms with Gasteiger partial charge in [-0.3, -0.25) is 9.97 Å². The summed E-state index contributed by atoms with van der Waals surface area (Å²) in [5.41, 5.74) is 34.9. The highest BCUT2D eigenvalue weighted by molar-refractivity contribution is 6.15. The Balaban J connectivity index is 0.000000120. The highest BCUT2D eigenvalue weighted by Gasteiger charge is 2.22. The van der Waals surface area contributed by atoms with E-state index in [1.807, 2.05) is 99.6 Å². The molecular formula is C126H91N7. The Hall–Kier alpha value is -17.1. The van der Waals surface area contributed by atoms with E-state index in [4.69, 9.17) is 29.9 Å². The van der Waals surface area contributed by atoms with Crippen LogP contribution >= 0.6 is 0 Å². The van der Waals surface area contributed by atoms with E-state index in [0.717, 1.165) is 129 Å². The summed E-state index contributed by atoms with van der Waals surface area (Å²) in [6.07, 6.45) is 0. The van der Waals surface area contributed by atoms with Gasteiger partial charge < -0.3 is 0 Å². The minimum Gasteiger partial charge on any atom is -0.258 e. The Morgan fingerprint density at radius 3 is 0.940 bits per heavy atom. The lowest BCUT2D eigenvalue weighted by Gasteiger charge is -2.16. The van der Waals surface area contributed by atoms with Crippen molar-refractivity contribution in [3.63, 3.8) is 0 Å². The zero-order chi connectivity index (χ0) is 89.7. The topological polar surface area (TPSA) is 90.2 Å². The molecule has 23 aromatic rings. The van der Waals surface area contributed by atoms with Crippen molar-refractivity contribution < 1.29 is 0 Å². The van der Waals surface area contributed by atoms with E-state index in [1.54, 1.807) is 0 Å². The molecule has 0 aliphatic carbocycles. The molecule has 18 aromatic carbocycles. The summed E-state index contributed by atoms with van der Waals surface area (Å²) in [5, 5.41) is 12.3. The van der Waals surface area contributed by atoms with E-state index in [9.17, 15) is 0 Å². The smallest absolute Gasteiger partial charge is 0.164 e. The molecule has 0 bridgehead atoms. The zero-order valence-corrected chi connectivity index (χ0v) is 74.5. The Bertz CT molecular complexity index is 8010. The number of aromatic nitrogens is 7. The van der Waals surface area contributed by atoms with Gasteiger partial charge in [0.25, 0.3) is 0 Å². The van der Waals surface area contributed by atoms with Gasteiger partial charge in [-0.15, -0.1) is 0 Å². The van der Waals surface area contributed by atoms with Crippen molar-refractivity contribution in [1.29, 1.82) is 0 Å². The zero-order valence-electron chi connectivity index (χ0n) is 74.5. The van der Waals surface area contributed by atoms with Gasteiger partial charge in [-0.25, -0.2) is 24.9 Å². The molecule has 133 heavy (non-hydrogen) atoms. The van der Waals surface area contributed by atoms with Crippen LogP contribution in [0.5, 0.6) is 0 Å². The number of rotatable bonds is 15. The molecule has 0 atom stereocenters. The van der Waals surface area contributed by atoms with Crippen molar-refractivity contribution in [2.24, 2.45) is 0 Å². The largest absolute Gasteiger partial charge is 0.258 e. The Morgan fingerprint density at radius 2 is 0.459 bits per heavy atom. The maximum absolute atomic E-state index is 5.14. The van der Waals surface area contributed by atoms with Gasteiger partial charge in [0, 0.05) is 61.6 Å². The van der Waals surface area contributed by atoms with Gasteiger partial charge in [-0.1, -0.05) is 357 Å². The molecular weight excluding hydrogens is 1610 g/mol. The molecule has 0 N–H and O–H groups in total. The number of benzene rings is 18. The van der Waals surface area contributed by atoms with Crippen molar-refractivity contribution in [2.75, 3.05) is 0 Å². The van der Waals surface area contributed by atoms with Gasteiger partial charge >= 0.3 is 0 Å². The fraction of sp³-hybridized carbons (Fsp3) is 0.0397. The third kappa shape index (κ3) is 17.9. The first-order valence-electron chi connectivity index (χ1n) is 45.3. The average Bonchev–Trinajstić information content (AvgIpc) is 0.755. The maximum Gasteiger partial charge on any atom is 0.164 e. The quantitative estimate of drug-likeness (QED) is 0.0746. The summed E-state index contributed by atoms with van der Waals surface area (Å²) in [6.45, 7) is 10.5. The van der Waals surface area contributed by atoms with Crippen molar-refractivity contribution in [2.45, 2.75) is 34.6 Å².